The van der Waals surface area contributed by atoms with Crippen molar-refractivity contribution in [2.45, 2.75) is 33.9 Å². The van der Waals surface area contributed by atoms with E-state index >= 15 is 0 Å². The van der Waals surface area contributed by atoms with Gasteiger partial charge in [-0.05, 0) is 23.1 Å². The molecule has 0 spiro atoms. The molecule has 0 radical (unpaired) electrons. The quantitative estimate of drug-likeness (QED) is 0.832. The lowest BCUT2D eigenvalue weighted by Crippen LogP contribution is -2.14. The highest BCUT2D eigenvalue weighted by Crippen LogP contribution is 2.27. The Morgan fingerprint density at radius 3 is 2.35 bits per heavy atom. The van der Waals surface area contributed by atoms with Gasteiger partial charge in [0, 0.05) is 34.7 Å². The van der Waals surface area contributed by atoms with Crippen LogP contribution >= 0.6 is 15.9 Å². The number of halogens is 3. The average molecular weight is 347 g/mol. The zero-order valence-corrected chi connectivity index (χ0v) is 13.7. The van der Waals surface area contributed by atoms with Crippen molar-refractivity contribution in [2.24, 2.45) is 11.1 Å². The van der Waals surface area contributed by atoms with E-state index in [9.17, 15) is 8.78 Å². The first-order valence-electron chi connectivity index (χ1n) is 6.41. The number of alkyl halides is 2. The predicted molar refractivity (Wildman–Crippen MR) is 84.1 cm³/mol. The van der Waals surface area contributed by atoms with E-state index in [1.54, 1.807) is 0 Å². The van der Waals surface area contributed by atoms with Crippen LogP contribution < -0.4 is 5.73 Å². The van der Waals surface area contributed by atoms with Gasteiger partial charge in [-0.2, -0.15) is 0 Å². The second kappa shape index (κ2) is 7.18. The van der Waals surface area contributed by atoms with Crippen molar-refractivity contribution < 1.29 is 8.78 Å². The van der Waals surface area contributed by atoms with Crippen LogP contribution in [0.5, 0.6) is 0 Å². The molecule has 0 saturated carbocycles. The lowest BCUT2D eigenvalue weighted by molar-refractivity contribution is 0.295. The summed E-state index contributed by atoms with van der Waals surface area (Å²) in [6.45, 7) is 6.59. The van der Waals surface area contributed by atoms with E-state index in [1.807, 2.05) is 0 Å². The maximum absolute atomic E-state index is 9.62. The summed E-state index contributed by atoms with van der Waals surface area (Å²) in [6, 6.07) is 6.38. The highest BCUT2D eigenvalue weighted by Gasteiger charge is 2.14. The molecule has 2 rings (SSSR count). The van der Waals surface area contributed by atoms with Gasteiger partial charge >= 0.3 is 0 Å². The third-order valence-electron chi connectivity index (χ3n) is 2.79. The fourth-order valence-electron chi connectivity index (χ4n) is 2.15. The summed E-state index contributed by atoms with van der Waals surface area (Å²) in [5, 5.41) is 1.26. The fourth-order valence-corrected chi connectivity index (χ4v) is 2.49. The van der Waals surface area contributed by atoms with Crippen LogP contribution in [-0.2, 0) is 13.1 Å². The molecule has 2 aromatic rings. The van der Waals surface area contributed by atoms with E-state index in [0.717, 1.165) is 11.0 Å². The second-order valence-electron chi connectivity index (χ2n) is 5.81. The van der Waals surface area contributed by atoms with E-state index in [-0.39, 0.29) is 5.41 Å². The van der Waals surface area contributed by atoms with Crippen LogP contribution in [0.2, 0.25) is 0 Å². The molecule has 0 saturated heterocycles. The first-order chi connectivity index (χ1) is 9.32. The van der Waals surface area contributed by atoms with Gasteiger partial charge in [-0.15, -0.1) is 0 Å². The number of benzene rings is 1. The standard InChI is InChI=1S/C14H19BrN2.CH2F2/c1-14(2,3)9-17-8-10(7-16)12-5-4-11(15)6-13(12)17;2-1-3/h4-6,8H,7,9,16H2,1-3H3;1H2. The molecule has 1 aromatic carbocycles. The molecular formula is C15H21BrF2N2. The third kappa shape index (κ3) is 4.56. The second-order valence-corrected chi connectivity index (χ2v) is 6.73. The molecule has 0 unspecified atom stereocenters. The Hall–Kier alpha value is -0.940. The van der Waals surface area contributed by atoms with Gasteiger partial charge in [0.25, 0.3) is 0 Å². The lowest BCUT2D eigenvalue weighted by atomic mass is 9.97. The molecule has 1 aromatic heterocycles. The zero-order valence-electron chi connectivity index (χ0n) is 12.1. The molecule has 112 valence electrons. The van der Waals surface area contributed by atoms with E-state index in [0.29, 0.717) is 6.54 Å². The molecule has 2 nitrogen and oxygen atoms in total. The number of nitrogens with two attached hydrogens (primary N) is 1. The topological polar surface area (TPSA) is 30.9 Å². The van der Waals surface area contributed by atoms with Crippen molar-refractivity contribution >= 4 is 26.8 Å². The summed E-state index contributed by atoms with van der Waals surface area (Å²) in [5.74, 6) is 0. The Labute approximate surface area is 127 Å². The van der Waals surface area contributed by atoms with Gasteiger partial charge in [-0.25, -0.2) is 8.78 Å². The largest absolute Gasteiger partial charge is 0.347 e. The van der Waals surface area contributed by atoms with Crippen LogP contribution in [-0.4, -0.2) is 11.5 Å². The predicted octanol–water partition coefficient (Wildman–Crippen LogP) is 4.79. The summed E-state index contributed by atoms with van der Waals surface area (Å²) in [7, 11) is 0. The highest BCUT2D eigenvalue weighted by molar-refractivity contribution is 9.10. The summed E-state index contributed by atoms with van der Waals surface area (Å²) >= 11 is 3.53. The Bertz CT molecular complexity index is 559. The smallest absolute Gasteiger partial charge is 0.229 e. The minimum absolute atomic E-state index is 0.264. The summed E-state index contributed by atoms with van der Waals surface area (Å²) in [6.07, 6.45) is 2.18. The van der Waals surface area contributed by atoms with Gasteiger partial charge in [-0.3, -0.25) is 0 Å². The molecule has 0 aliphatic rings. The van der Waals surface area contributed by atoms with Crippen LogP contribution in [0.25, 0.3) is 10.9 Å². The third-order valence-corrected chi connectivity index (χ3v) is 3.28. The van der Waals surface area contributed by atoms with Crippen LogP contribution in [0.3, 0.4) is 0 Å². The lowest BCUT2D eigenvalue weighted by Gasteiger charge is -2.19. The van der Waals surface area contributed by atoms with Crippen molar-refractivity contribution in [2.75, 3.05) is 6.93 Å². The van der Waals surface area contributed by atoms with Crippen molar-refractivity contribution in [3.05, 3.63) is 34.4 Å². The first kappa shape index (κ1) is 17.1. The SMILES string of the molecule is CC(C)(C)Cn1cc(CN)c2ccc(Br)cc21.FCF. The van der Waals surface area contributed by atoms with E-state index in [1.165, 1.54) is 16.5 Å². The molecule has 0 fully saturated rings. The number of hydrogen-bond donors (Lipinski definition) is 1. The Morgan fingerprint density at radius 2 is 1.85 bits per heavy atom. The molecule has 0 bridgehead atoms. The van der Waals surface area contributed by atoms with Crippen LogP contribution in [0, 0.1) is 5.41 Å². The number of hydrogen-bond acceptors (Lipinski definition) is 1. The number of aromatic nitrogens is 1. The Kier molecular flexibility index (Phi) is 6.14. The minimum Gasteiger partial charge on any atom is -0.347 e. The summed E-state index contributed by atoms with van der Waals surface area (Å²) in [5.41, 5.74) is 8.55. The van der Waals surface area contributed by atoms with E-state index < -0.39 is 6.93 Å². The first-order valence-corrected chi connectivity index (χ1v) is 7.21. The Balaban J connectivity index is 0.000000612. The van der Waals surface area contributed by atoms with Gasteiger partial charge < -0.3 is 10.3 Å². The molecule has 0 aliphatic carbocycles. The number of nitrogens with zero attached hydrogens (tertiary/aromatic N) is 1. The van der Waals surface area contributed by atoms with Crippen molar-refractivity contribution in [3.63, 3.8) is 0 Å². The summed E-state index contributed by atoms with van der Waals surface area (Å²) < 4.78 is 22.7. The minimum atomic E-state index is -1.75. The normalized spacial score (nSPS) is 11.3. The maximum Gasteiger partial charge on any atom is 0.229 e. The molecular weight excluding hydrogens is 326 g/mol. The van der Waals surface area contributed by atoms with E-state index in [2.05, 4.69) is 65.7 Å². The molecule has 2 N–H and O–H groups in total. The Morgan fingerprint density at radius 1 is 1.25 bits per heavy atom. The van der Waals surface area contributed by atoms with Gasteiger partial charge in [0.2, 0.25) is 6.93 Å². The maximum atomic E-state index is 9.62. The van der Waals surface area contributed by atoms with Crippen LogP contribution in [0.4, 0.5) is 8.78 Å². The van der Waals surface area contributed by atoms with Crippen LogP contribution in [0.15, 0.2) is 28.9 Å². The molecule has 5 heteroatoms. The molecule has 0 atom stereocenters. The fraction of sp³-hybridized carbons (Fsp3) is 0.467. The van der Waals surface area contributed by atoms with Crippen molar-refractivity contribution in [3.8, 4) is 0 Å². The molecule has 0 amide bonds. The highest BCUT2D eigenvalue weighted by atomic mass is 79.9. The van der Waals surface area contributed by atoms with Gasteiger partial charge in [0.15, 0.2) is 0 Å². The molecule has 20 heavy (non-hydrogen) atoms. The monoisotopic (exact) mass is 346 g/mol. The number of fused-ring (bicyclic) bond motifs is 1. The van der Waals surface area contributed by atoms with Crippen molar-refractivity contribution in [1.82, 2.24) is 4.57 Å². The summed E-state index contributed by atoms with van der Waals surface area (Å²) in [4.78, 5) is 0. The number of rotatable bonds is 2. The van der Waals surface area contributed by atoms with Crippen molar-refractivity contribution in [1.29, 1.82) is 0 Å². The average Bonchev–Trinajstić information content (AvgIpc) is 2.66. The molecule has 1 heterocycles. The molecule has 0 aliphatic heterocycles. The zero-order chi connectivity index (χ0) is 15.3. The van der Waals surface area contributed by atoms with Crippen LogP contribution in [0.1, 0.15) is 26.3 Å². The van der Waals surface area contributed by atoms with Gasteiger partial charge in [0.1, 0.15) is 0 Å². The van der Waals surface area contributed by atoms with E-state index in [4.69, 9.17) is 5.73 Å². The van der Waals surface area contributed by atoms with Gasteiger partial charge in [-0.1, -0.05) is 42.8 Å². The van der Waals surface area contributed by atoms with Gasteiger partial charge in [0.05, 0.1) is 0 Å².